The highest BCUT2D eigenvalue weighted by molar-refractivity contribution is 5.64. The lowest BCUT2D eigenvalue weighted by atomic mass is 10.1. The van der Waals surface area contributed by atoms with Gasteiger partial charge in [0, 0.05) is 17.4 Å². The first-order chi connectivity index (χ1) is 9.76. The fourth-order valence-corrected chi connectivity index (χ4v) is 2.54. The lowest BCUT2D eigenvalue weighted by Gasteiger charge is -2.31. The normalized spacial score (nSPS) is 11.9. The number of rotatable bonds is 6. The summed E-state index contributed by atoms with van der Waals surface area (Å²) in [5, 5.41) is 0. The van der Waals surface area contributed by atoms with Gasteiger partial charge in [-0.05, 0) is 49.7 Å². The average molecular weight is 269 g/mol. The summed E-state index contributed by atoms with van der Waals surface area (Å²) in [6, 6.07) is 19.3. The Morgan fingerprint density at radius 2 is 1.55 bits per heavy atom. The van der Waals surface area contributed by atoms with E-state index in [9.17, 15) is 0 Å². The molecule has 0 saturated heterocycles. The van der Waals surface area contributed by atoms with Crippen LogP contribution < -0.4 is 9.64 Å². The second kappa shape index (κ2) is 6.99. The van der Waals surface area contributed by atoms with Gasteiger partial charge in [-0.2, -0.15) is 0 Å². The summed E-state index contributed by atoms with van der Waals surface area (Å²) >= 11 is 0. The summed E-state index contributed by atoms with van der Waals surface area (Å²) in [6.45, 7) is 4.51. The van der Waals surface area contributed by atoms with Gasteiger partial charge in [0.2, 0.25) is 0 Å². The molecule has 2 aromatic carbocycles. The molecule has 106 valence electrons. The summed E-state index contributed by atoms with van der Waals surface area (Å²) < 4.78 is 5.24. The third-order valence-corrected chi connectivity index (χ3v) is 3.53. The molecule has 0 saturated carbocycles. The van der Waals surface area contributed by atoms with Gasteiger partial charge in [0.05, 0.1) is 7.11 Å². The second-order valence-corrected chi connectivity index (χ2v) is 5.04. The molecule has 0 spiro atoms. The van der Waals surface area contributed by atoms with Gasteiger partial charge < -0.3 is 9.64 Å². The van der Waals surface area contributed by atoms with E-state index in [0.717, 1.165) is 5.75 Å². The van der Waals surface area contributed by atoms with Crippen molar-refractivity contribution in [1.29, 1.82) is 0 Å². The number of nitrogens with zero attached hydrogens (tertiary/aromatic N) is 1. The lowest BCUT2D eigenvalue weighted by molar-refractivity contribution is 0.415. The molecule has 1 atom stereocenters. The van der Waals surface area contributed by atoms with E-state index in [2.05, 4.69) is 61.2 Å². The third kappa shape index (κ3) is 3.32. The molecule has 20 heavy (non-hydrogen) atoms. The van der Waals surface area contributed by atoms with Crippen LogP contribution in [-0.2, 0) is 0 Å². The molecule has 0 bridgehead atoms. The van der Waals surface area contributed by atoms with Crippen LogP contribution in [0.3, 0.4) is 0 Å². The van der Waals surface area contributed by atoms with Crippen LogP contribution in [-0.4, -0.2) is 13.2 Å². The standard InChI is InChI=1S/C18H23NO/c1-4-8-15(2)19(16-9-6-5-7-10-16)17-11-13-18(20-3)14-12-17/h5-7,9-15H,4,8H2,1-3H3. The predicted molar refractivity (Wildman–Crippen MR) is 85.9 cm³/mol. The Balaban J connectivity index is 2.35. The summed E-state index contributed by atoms with van der Waals surface area (Å²) in [4.78, 5) is 2.39. The van der Waals surface area contributed by atoms with E-state index < -0.39 is 0 Å². The minimum absolute atomic E-state index is 0.468. The third-order valence-electron chi connectivity index (χ3n) is 3.53. The minimum atomic E-state index is 0.468. The van der Waals surface area contributed by atoms with Gasteiger partial charge in [-0.1, -0.05) is 31.5 Å². The molecule has 2 rings (SSSR count). The van der Waals surface area contributed by atoms with Gasteiger partial charge >= 0.3 is 0 Å². The molecule has 0 amide bonds. The van der Waals surface area contributed by atoms with Crippen LogP contribution in [0.2, 0.25) is 0 Å². The van der Waals surface area contributed by atoms with Gasteiger partial charge in [-0.15, -0.1) is 0 Å². The van der Waals surface area contributed by atoms with Gasteiger partial charge in [-0.3, -0.25) is 0 Å². The van der Waals surface area contributed by atoms with Crippen molar-refractivity contribution in [2.75, 3.05) is 12.0 Å². The molecule has 1 unspecified atom stereocenters. The molecule has 0 N–H and O–H groups in total. The van der Waals surface area contributed by atoms with Crippen molar-refractivity contribution in [3.63, 3.8) is 0 Å². The van der Waals surface area contributed by atoms with Gasteiger partial charge in [0.1, 0.15) is 5.75 Å². The average Bonchev–Trinajstić information content (AvgIpc) is 2.50. The molecule has 0 aliphatic heterocycles. The van der Waals surface area contributed by atoms with Crippen molar-refractivity contribution >= 4 is 11.4 Å². The van der Waals surface area contributed by atoms with Crippen LogP contribution in [0.15, 0.2) is 54.6 Å². The summed E-state index contributed by atoms with van der Waals surface area (Å²) in [7, 11) is 1.70. The van der Waals surface area contributed by atoms with Crippen LogP contribution in [0.25, 0.3) is 0 Å². The van der Waals surface area contributed by atoms with Gasteiger partial charge in [0.25, 0.3) is 0 Å². The fourth-order valence-electron chi connectivity index (χ4n) is 2.54. The van der Waals surface area contributed by atoms with Crippen molar-refractivity contribution < 1.29 is 4.74 Å². The summed E-state index contributed by atoms with van der Waals surface area (Å²) in [5.41, 5.74) is 2.44. The molecule has 0 heterocycles. The second-order valence-electron chi connectivity index (χ2n) is 5.04. The van der Waals surface area contributed by atoms with Crippen LogP contribution in [0.1, 0.15) is 26.7 Å². The summed E-state index contributed by atoms with van der Waals surface area (Å²) in [6.07, 6.45) is 2.35. The molecular weight excluding hydrogens is 246 g/mol. The molecule has 2 nitrogen and oxygen atoms in total. The van der Waals surface area contributed by atoms with E-state index in [-0.39, 0.29) is 0 Å². The van der Waals surface area contributed by atoms with Crippen molar-refractivity contribution in [3.8, 4) is 5.75 Å². The van der Waals surface area contributed by atoms with Crippen molar-refractivity contribution in [1.82, 2.24) is 0 Å². The molecular formula is C18H23NO. The summed E-state index contributed by atoms with van der Waals surface area (Å²) in [5.74, 6) is 0.893. The van der Waals surface area contributed by atoms with E-state index in [1.165, 1.54) is 24.2 Å². The predicted octanol–water partition coefficient (Wildman–Crippen LogP) is 5.02. The maximum Gasteiger partial charge on any atom is 0.119 e. The zero-order valence-corrected chi connectivity index (χ0v) is 12.5. The Labute approximate surface area is 122 Å². The van der Waals surface area contributed by atoms with Crippen molar-refractivity contribution in [3.05, 3.63) is 54.6 Å². The highest BCUT2D eigenvalue weighted by Gasteiger charge is 2.15. The van der Waals surface area contributed by atoms with Crippen LogP contribution in [0.5, 0.6) is 5.75 Å². The zero-order chi connectivity index (χ0) is 14.4. The number of benzene rings is 2. The van der Waals surface area contributed by atoms with Crippen LogP contribution >= 0.6 is 0 Å². The first-order valence-corrected chi connectivity index (χ1v) is 7.24. The largest absolute Gasteiger partial charge is 0.497 e. The Kier molecular flexibility index (Phi) is 5.05. The maximum atomic E-state index is 5.24. The number of ether oxygens (including phenoxy) is 1. The van der Waals surface area contributed by atoms with Gasteiger partial charge in [-0.25, -0.2) is 0 Å². The van der Waals surface area contributed by atoms with Crippen molar-refractivity contribution in [2.24, 2.45) is 0 Å². The number of anilines is 2. The van der Waals surface area contributed by atoms with Crippen molar-refractivity contribution in [2.45, 2.75) is 32.7 Å². The fraction of sp³-hybridized carbons (Fsp3) is 0.333. The van der Waals surface area contributed by atoms with E-state index in [4.69, 9.17) is 4.74 Å². The Morgan fingerprint density at radius 1 is 0.950 bits per heavy atom. The Morgan fingerprint density at radius 3 is 2.10 bits per heavy atom. The van der Waals surface area contributed by atoms with E-state index in [1.54, 1.807) is 7.11 Å². The molecule has 0 aliphatic carbocycles. The Bertz CT molecular complexity index is 507. The molecule has 0 aliphatic rings. The van der Waals surface area contributed by atoms with E-state index in [1.807, 2.05) is 12.1 Å². The smallest absolute Gasteiger partial charge is 0.119 e. The maximum absolute atomic E-state index is 5.24. The first-order valence-electron chi connectivity index (χ1n) is 7.24. The lowest BCUT2D eigenvalue weighted by Crippen LogP contribution is -2.28. The molecule has 0 fully saturated rings. The molecule has 2 aromatic rings. The number of methoxy groups -OCH3 is 1. The highest BCUT2D eigenvalue weighted by Crippen LogP contribution is 2.30. The SMILES string of the molecule is CCCC(C)N(c1ccccc1)c1ccc(OC)cc1. The number of hydrogen-bond donors (Lipinski definition) is 0. The van der Waals surface area contributed by atoms with E-state index >= 15 is 0 Å². The van der Waals surface area contributed by atoms with E-state index in [0.29, 0.717) is 6.04 Å². The van der Waals surface area contributed by atoms with Crippen LogP contribution in [0.4, 0.5) is 11.4 Å². The Hall–Kier alpha value is -1.96. The minimum Gasteiger partial charge on any atom is -0.497 e. The van der Waals surface area contributed by atoms with Crippen LogP contribution in [0, 0.1) is 0 Å². The highest BCUT2D eigenvalue weighted by atomic mass is 16.5. The zero-order valence-electron chi connectivity index (χ0n) is 12.5. The number of hydrogen-bond acceptors (Lipinski definition) is 2. The quantitative estimate of drug-likeness (QED) is 0.730. The molecule has 0 radical (unpaired) electrons. The van der Waals surface area contributed by atoms with Gasteiger partial charge in [0.15, 0.2) is 0 Å². The monoisotopic (exact) mass is 269 g/mol. The molecule has 0 aromatic heterocycles. The molecule has 2 heteroatoms. The number of para-hydroxylation sites is 1. The topological polar surface area (TPSA) is 12.5 Å². The first kappa shape index (κ1) is 14.4.